The summed E-state index contributed by atoms with van der Waals surface area (Å²) in [5.41, 5.74) is 4.08. The van der Waals surface area contributed by atoms with Crippen molar-refractivity contribution in [1.29, 1.82) is 0 Å². The molecule has 0 spiro atoms. The van der Waals surface area contributed by atoms with Crippen LogP contribution in [0.1, 0.15) is 5.56 Å². The summed E-state index contributed by atoms with van der Waals surface area (Å²) < 4.78 is 5.02. The molecule has 0 fully saturated rings. The second-order valence-electron chi connectivity index (χ2n) is 4.09. The van der Waals surface area contributed by atoms with Gasteiger partial charge in [0.25, 0.3) is 0 Å². The van der Waals surface area contributed by atoms with Gasteiger partial charge in [0, 0.05) is 11.3 Å². The summed E-state index contributed by atoms with van der Waals surface area (Å²) in [5.74, 6) is 0.427. The summed E-state index contributed by atoms with van der Waals surface area (Å²) in [6.45, 7) is 0. The third-order valence-corrected chi connectivity index (χ3v) is 2.84. The van der Waals surface area contributed by atoms with E-state index in [2.05, 4.69) is 15.8 Å². The van der Waals surface area contributed by atoms with Crippen LogP contribution >= 0.6 is 12.2 Å². The molecule has 0 aromatic heterocycles. The van der Waals surface area contributed by atoms with Crippen molar-refractivity contribution in [2.45, 2.75) is 0 Å². The van der Waals surface area contributed by atoms with Gasteiger partial charge in [-0.2, -0.15) is 5.10 Å². The van der Waals surface area contributed by atoms with Crippen molar-refractivity contribution in [2.75, 3.05) is 12.4 Å². The molecular formula is C15H15N3O2S. The normalized spacial score (nSPS) is 10.3. The maximum absolute atomic E-state index is 9.90. The number of anilines is 1. The van der Waals surface area contributed by atoms with Gasteiger partial charge in [-0.15, -0.1) is 0 Å². The van der Waals surface area contributed by atoms with Crippen LogP contribution in [-0.4, -0.2) is 23.5 Å². The first-order chi connectivity index (χ1) is 10.2. The minimum Gasteiger partial charge on any atom is -0.504 e. The van der Waals surface area contributed by atoms with E-state index in [4.69, 9.17) is 17.0 Å². The Labute approximate surface area is 128 Å². The average Bonchev–Trinajstić information content (AvgIpc) is 2.50. The van der Waals surface area contributed by atoms with Gasteiger partial charge in [-0.25, -0.2) is 0 Å². The zero-order valence-electron chi connectivity index (χ0n) is 11.4. The number of hydrogen-bond acceptors (Lipinski definition) is 4. The van der Waals surface area contributed by atoms with Crippen molar-refractivity contribution in [3.63, 3.8) is 0 Å². The van der Waals surface area contributed by atoms with Gasteiger partial charge in [0.1, 0.15) is 0 Å². The van der Waals surface area contributed by atoms with Gasteiger partial charge in [-0.1, -0.05) is 24.3 Å². The van der Waals surface area contributed by atoms with Gasteiger partial charge in [0.2, 0.25) is 0 Å². The third-order valence-electron chi connectivity index (χ3n) is 2.65. The molecule has 0 radical (unpaired) electrons. The highest BCUT2D eigenvalue weighted by atomic mass is 32.1. The Morgan fingerprint density at radius 2 is 1.95 bits per heavy atom. The van der Waals surface area contributed by atoms with Gasteiger partial charge >= 0.3 is 0 Å². The number of aromatic hydroxyl groups is 1. The molecule has 0 aliphatic carbocycles. The smallest absolute Gasteiger partial charge is 0.191 e. The molecule has 0 heterocycles. The first-order valence-corrected chi connectivity index (χ1v) is 6.62. The lowest BCUT2D eigenvalue weighted by Gasteiger charge is -2.07. The van der Waals surface area contributed by atoms with E-state index in [1.54, 1.807) is 18.2 Å². The van der Waals surface area contributed by atoms with Gasteiger partial charge < -0.3 is 15.2 Å². The van der Waals surface area contributed by atoms with Crippen molar-refractivity contribution in [3.8, 4) is 11.5 Å². The van der Waals surface area contributed by atoms with E-state index in [1.165, 1.54) is 13.3 Å². The molecule has 2 aromatic carbocycles. The van der Waals surface area contributed by atoms with Crippen LogP contribution in [0, 0.1) is 0 Å². The molecule has 0 atom stereocenters. The highest BCUT2D eigenvalue weighted by Gasteiger charge is 2.04. The Hall–Kier alpha value is -2.60. The Balaban J connectivity index is 1.95. The van der Waals surface area contributed by atoms with Crippen LogP contribution in [-0.2, 0) is 0 Å². The number of hydrazone groups is 1. The molecule has 108 valence electrons. The van der Waals surface area contributed by atoms with Gasteiger partial charge in [-0.05, 0) is 36.5 Å². The topological polar surface area (TPSA) is 65.9 Å². The Bertz CT molecular complexity index is 645. The van der Waals surface area contributed by atoms with Crippen molar-refractivity contribution in [3.05, 3.63) is 54.1 Å². The number of ether oxygens (including phenoxy) is 1. The lowest BCUT2D eigenvalue weighted by Crippen LogP contribution is -2.23. The van der Waals surface area contributed by atoms with Gasteiger partial charge in [0.05, 0.1) is 13.3 Å². The standard InChI is InChI=1S/C15H15N3O2S/c1-20-13-9-5-6-11(14(13)19)10-16-18-15(21)17-12-7-3-2-4-8-12/h2-10,19H,1H3,(H2,17,18,21). The lowest BCUT2D eigenvalue weighted by molar-refractivity contribution is 0.373. The van der Waals surface area contributed by atoms with E-state index in [0.29, 0.717) is 16.4 Å². The first kappa shape index (κ1) is 14.8. The second-order valence-corrected chi connectivity index (χ2v) is 4.50. The fourth-order valence-electron chi connectivity index (χ4n) is 1.65. The predicted octanol–water partition coefficient (Wildman–Crippen LogP) is 2.72. The molecule has 0 unspecified atom stereocenters. The van der Waals surface area contributed by atoms with E-state index in [0.717, 1.165) is 5.69 Å². The molecule has 0 aliphatic rings. The predicted molar refractivity (Wildman–Crippen MR) is 88.1 cm³/mol. The fraction of sp³-hybridized carbons (Fsp3) is 0.0667. The van der Waals surface area contributed by atoms with Crippen LogP contribution in [0.5, 0.6) is 11.5 Å². The molecule has 6 heteroatoms. The number of rotatable bonds is 4. The van der Waals surface area contributed by atoms with Gasteiger partial charge in [-0.3, -0.25) is 5.43 Å². The number of phenols is 1. The quantitative estimate of drug-likeness (QED) is 0.460. The largest absolute Gasteiger partial charge is 0.504 e. The minimum atomic E-state index is 0.0347. The maximum atomic E-state index is 9.90. The maximum Gasteiger partial charge on any atom is 0.191 e. The van der Waals surface area contributed by atoms with Crippen LogP contribution in [0.15, 0.2) is 53.6 Å². The van der Waals surface area contributed by atoms with Crippen LogP contribution in [0.25, 0.3) is 0 Å². The highest BCUT2D eigenvalue weighted by Crippen LogP contribution is 2.27. The fourth-order valence-corrected chi connectivity index (χ4v) is 1.82. The Morgan fingerprint density at radius 3 is 2.67 bits per heavy atom. The summed E-state index contributed by atoms with van der Waals surface area (Å²) in [6.07, 6.45) is 1.47. The number of nitrogens with zero attached hydrogens (tertiary/aromatic N) is 1. The number of para-hydroxylation sites is 2. The molecule has 0 bridgehead atoms. The van der Waals surface area contributed by atoms with Crippen molar-refractivity contribution >= 4 is 29.2 Å². The van der Waals surface area contributed by atoms with Gasteiger partial charge in [0.15, 0.2) is 16.6 Å². The highest BCUT2D eigenvalue weighted by molar-refractivity contribution is 7.80. The molecule has 0 amide bonds. The Morgan fingerprint density at radius 1 is 1.19 bits per heavy atom. The van der Waals surface area contributed by atoms with Crippen LogP contribution in [0.2, 0.25) is 0 Å². The molecule has 0 saturated heterocycles. The minimum absolute atomic E-state index is 0.0347. The molecule has 21 heavy (non-hydrogen) atoms. The summed E-state index contributed by atoms with van der Waals surface area (Å²) in [5, 5.41) is 17.2. The number of benzene rings is 2. The summed E-state index contributed by atoms with van der Waals surface area (Å²) in [7, 11) is 1.49. The van der Waals surface area contributed by atoms with Crippen LogP contribution in [0.3, 0.4) is 0 Å². The lowest BCUT2D eigenvalue weighted by atomic mass is 10.2. The third kappa shape index (κ3) is 4.19. The number of methoxy groups -OCH3 is 1. The molecule has 5 nitrogen and oxygen atoms in total. The first-order valence-electron chi connectivity index (χ1n) is 6.22. The van der Waals surface area contributed by atoms with E-state index in [9.17, 15) is 5.11 Å². The van der Waals surface area contributed by atoms with Crippen molar-refractivity contribution < 1.29 is 9.84 Å². The number of phenolic OH excluding ortho intramolecular Hbond substituents is 1. The summed E-state index contributed by atoms with van der Waals surface area (Å²) >= 11 is 5.11. The number of hydrogen-bond donors (Lipinski definition) is 3. The SMILES string of the molecule is COc1cccc(C=NNC(=S)Nc2ccccc2)c1O. The van der Waals surface area contributed by atoms with E-state index >= 15 is 0 Å². The van der Waals surface area contributed by atoms with E-state index < -0.39 is 0 Å². The molecule has 0 saturated carbocycles. The number of thiocarbonyl (C=S) groups is 1. The molecule has 0 aliphatic heterocycles. The molecule has 2 aromatic rings. The molecule has 2 rings (SSSR count). The van der Waals surface area contributed by atoms with Crippen molar-refractivity contribution in [1.82, 2.24) is 5.43 Å². The summed E-state index contributed by atoms with van der Waals surface area (Å²) in [6, 6.07) is 14.7. The summed E-state index contributed by atoms with van der Waals surface area (Å²) in [4.78, 5) is 0. The number of nitrogens with one attached hydrogen (secondary N) is 2. The monoisotopic (exact) mass is 301 g/mol. The molecular weight excluding hydrogens is 286 g/mol. The van der Waals surface area contributed by atoms with Crippen LogP contribution in [0.4, 0.5) is 5.69 Å². The van der Waals surface area contributed by atoms with Crippen molar-refractivity contribution in [2.24, 2.45) is 5.10 Å². The van der Waals surface area contributed by atoms with E-state index in [1.807, 2.05) is 30.3 Å². The second kappa shape index (κ2) is 7.25. The Kier molecular flexibility index (Phi) is 5.11. The van der Waals surface area contributed by atoms with E-state index in [-0.39, 0.29) is 5.75 Å². The average molecular weight is 301 g/mol. The zero-order chi connectivity index (χ0) is 15.1. The molecule has 3 N–H and O–H groups in total. The zero-order valence-corrected chi connectivity index (χ0v) is 12.2. The van der Waals surface area contributed by atoms with Crippen LogP contribution < -0.4 is 15.5 Å².